The monoisotopic (exact) mass is 328 g/mol. The molecule has 0 spiro atoms. The maximum atomic E-state index is 13.0. The standard InChI is InChI=1S/C13H11BrF2N2O/c1-18-7-9(14)5-12(18)13(19)17-6-8-2-3-10(15)11(16)4-8/h2-5,7H,6H2,1H3,(H,17,19). The molecule has 0 atom stereocenters. The molecule has 1 aromatic carbocycles. The Morgan fingerprint density at radius 3 is 2.63 bits per heavy atom. The molecule has 1 aromatic heterocycles. The molecule has 1 heterocycles. The number of carbonyl (C=O) groups is 1. The third kappa shape index (κ3) is 3.20. The van der Waals surface area contributed by atoms with Crippen molar-refractivity contribution in [2.75, 3.05) is 0 Å². The molecule has 1 amide bonds. The van der Waals surface area contributed by atoms with E-state index >= 15 is 0 Å². The van der Waals surface area contributed by atoms with Crippen molar-refractivity contribution in [3.8, 4) is 0 Å². The van der Waals surface area contributed by atoms with Crippen LogP contribution in [-0.2, 0) is 13.6 Å². The van der Waals surface area contributed by atoms with Gasteiger partial charge in [0.1, 0.15) is 5.69 Å². The van der Waals surface area contributed by atoms with Crippen LogP contribution in [0.25, 0.3) is 0 Å². The Kier molecular flexibility index (Phi) is 3.99. The summed E-state index contributed by atoms with van der Waals surface area (Å²) in [6.45, 7) is 0.138. The average Bonchev–Trinajstić information content (AvgIpc) is 2.70. The SMILES string of the molecule is Cn1cc(Br)cc1C(=O)NCc1ccc(F)c(F)c1. The molecule has 2 aromatic rings. The number of rotatable bonds is 3. The Morgan fingerprint density at radius 1 is 1.32 bits per heavy atom. The lowest BCUT2D eigenvalue weighted by atomic mass is 10.2. The van der Waals surface area contributed by atoms with Crippen molar-refractivity contribution in [1.29, 1.82) is 0 Å². The van der Waals surface area contributed by atoms with E-state index in [0.29, 0.717) is 11.3 Å². The van der Waals surface area contributed by atoms with Gasteiger partial charge in [0.25, 0.3) is 5.91 Å². The van der Waals surface area contributed by atoms with Gasteiger partial charge in [-0.15, -0.1) is 0 Å². The maximum Gasteiger partial charge on any atom is 0.268 e. The Hall–Kier alpha value is -1.69. The third-order valence-corrected chi connectivity index (χ3v) is 3.07. The summed E-state index contributed by atoms with van der Waals surface area (Å²) in [5.74, 6) is -2.10. The van der Waals surface area contributed by atoms with Crippen molar-refractivity contribution in [1.82, 2.24) is 9.88 Å². The third-order valence-electron chi connectivity index (χ3n) is 2.64. The molecule has 100 valence electrons. The molecule has 2 rings (SSSR count). The quantitative estimate of drug-likeness (QED) is 0.923. The first-order valence-electron chi connectivity index (χ1n) is 5.51. The molecular formula is C13H11BrF2N2O. The summed E-state index contributed by atoms with van der Waals surface area (Å²) in [6, 6.07) is 5.21. The molecule has 0 aliphatic rings. The minimum Gasteiger partial charge on any atom is -0.347 e. The number of hydrogen-bond acceptors (Lipinski definition) is 1. The second-order valence-corrected chi connectivity index (χ2v) is 5.00. The summed E-state index contributed by atoms with van der Waals surface area (Å²) in [7, 11) is 1.75. The zero-order valence-electron chi connectivity index (χ0n) is 10.1. The van der Waals surface area contributed by atoms with E-state index in [-0.39, 0.29) is 12.5 Å². The number of nitrogens with zero attached hydrogens (tertiary/aromatic N) is 1. The number of benzene rings is 1. The van der Waals surface area contributed by atoms with Crippen molar-refractivity contribution in [3.05, 3.63) is 57.8 Å². The van der Waals surface area contributed by atoms with E-state index < -0.39 is 11.6 Å². The molecule has 6 heteroatoms. The van der Waals surface area contributed by atoms with Gasteiger partial charge in [0.05, 0.1) is 0 Å². The molecule has 0 radical (unpaired) electrons. The van der Waals surface area contributed by atoms with Gasteiger partial charge in [0, 0.05) is 24.3 Å². The highest BCUT2D eigenvalue weighted by Gasteiger charge is 2.11. The number of carbonyl (C=O) groups excluding carboxylic acids is 1. The van der Waals surface area contributed by atoms with Gasteiger partial charge in [-0.1, -0.05) is 6.07 Å². The van der Waals surface area contributed by atoms with Crippen LogP contribution in [0, 0.1) is 11.6 Å². The highest BCUT2D eigenvalue weighted by molar-refractivity contribution is 9.10. The number of amides is 1. The summed E-state index contributed by atoms with van der Waals surface area (Å²) in [5.41, 5.74) is 0.981. The van der Waals surface area contributed by atoms with Crippen LogP contribution in [0.1, 0.15) is 16.1 Å². The van der Waals surface area contributed by atoms with Crippen LogP contribution < -0.4 is 5.32 Å². The van der Waals surface area contributed by atoms with E-state index in [4.69, 9.17) is 0 Å². The first kappa shape index (κ1) is 13.7. The predicted molar refractivity (Wildman–Crippen MR) is 70.6 cm³/mol. The Morgan fingerprint density at radius 2 is 2.05 bits per heavy atom. The van der Waals surface area contributed by atoms with Crippen LogP contribution in [-0.4, -0.2) is 10.5 Å². The molecule has 0 aliphatic heterocycles. The molecule has 1 N–H and O–H groups in total. The molecule has 0 bridgehead atoms. The molecule has 3 nitrogen and oxygen atoms in total. The van der Waals surface area contributed by atoms with Crippen LogP contribution in [0.4, 0.5) is 8.78 Å². The van der Waals surface area contributed by atoms with Gasteiger partial charge in [-0.05, 0) is 39.7 Å². The fraction of sp³-hybridized carbons (Fsp3) is 0.154. The van der Waals surface area contributed by atoms with Crippen LogP contribution >= 0.6 is 15.9 Å². The minimum atomic E-state index is -0.923. The summed E-state index contributed by atoms with van der Waals surface area (Å²) >= 11 is 3.27. The zero-order chi connectivity index (χ0) is 14.0. The number of aromatic nitrogens is 1. The summed E-state index contributed by atoms with van der Waals surface area (Å²) in [6.07, 6.45) is 1.76. The maximum absolute atomic E-state index is 13.0. The Labute approximate surface area is 117 Å². The van der Waals surface area contributed by atoms with E-state index in [0.717, 1.165) is 16.6 Å². The van der Waals surface area contributed by atoms with Crippen molar-refractivity contribution < 1.29 is 13.6 Å². The second kappa shape index (κ2) is 5.52. The Bertz CT molecular complexity index is 625. The number of hydrogen-bond donors (Lipinski definition) is 1. The summed E-state index contributed by atoms with van der Waals surface area (Å²) in [5, 5.41) is 2.65. The number of halogens is 3. The van der Waals surface area contributed by atoms with Crippen LogP contribution in [0.15, 0.2) is 34.9 Å². The number of nitrogens with one attached hydrogen (secondary N) is 1. The smallest absolute Gasteiger partial charge is 0.268 e. The van der Waals surface area contributed by atoms with E-state index in [1.165, 1.54) is 6.07 Å². The van der Waals surface area contributed by atoms with Crippen LogP contribution in [0.2, 0.25) is 0 Å². The molecule has 0 unspecified atom stereocenters. The van der Waals surface area contributed by atoms with Gasteiger partial charge in [-0.3, -0.25) is 4.79 Å². The van der Waals surface area contributed by atoms with Gasteiger partial charge in [-0.2, -0.15) is 0 Å². The van der Waals surface area contributed by atoms with Gasteiger partial charge < -0.3 is 9.88 Å². The van der Waals surface area contributed by atoms with Crippen molar-refractivity contribution >= 4 is 21.8 Å². The fourth-order valence-electron chi connectivity index (χ4n) is 1.67. The van der Waals surface area contributed by atoms with E-state index in [9.17, 15) is 13.6 Å². The highest BCUT2D eigenvalue weighted by atomic mass is 79.9. The second-order valence-electron chi connectivity index (χ2n) is 4.09. The largest absolute Gasteiger partial charge is 0.347 e. The van der Waals surface area contributed by atoms with Crippen molar-refractivity contribution in [2.45, 2.75) is 6.54 Å². The minimum absolute atomic E-state index is 0.138. The van der Waals surface area contributed by atoms with Gasteiger partial charge >= 0.3 is 0 Å². The van der Waals surface area contributed by atoms with E-state index in [1.54, 1.807) is 23.9 Å². The van der Waals surface area contributed by atoms with Crippen molar-refractivity contribution in [2.24, 2.45) is 7.05 Å². The topological polar surface area (TPSA) is 34.0 Å². The fourth-order valence-corrected chi connectivity index (χ4v) is 2.20. The molecule has 0 saturated heterocycles. The van der Waals surface area contributed by atoms with Crippen molar-refractivity contribution in [3.63, 3.8) is 0 Å². The molecule has 0 aliphatic carbocycles. The summed E-state index contributed by atoms with van der Waals surface area (Å²) < 4.78 is 28.2. The molecule has 19 heavy (non-hydrogen) atoms. The molecule has 0 fully saturated rings. The van der Waals surface area contributed by atoms with Crippen LogP contribution in [0.3, 0.4) is 0 Å². The lowest BCUT2D eigenvalue weighted by Crippen LogP contribution is -2.24. The zero-order valence-corrected chi connectivity index (χ0v) is 11.7. The normalized spacial score (nSPS) is 10.5. The molecular weight excluding hydrogens is 318 g/mol. The Balaban J connectivity index is 2.04. The predicted octanol–water partition coefficient (Wildman–Crippen LogP) is 3.00. The first-order chi connectivity index (χ1) is 8.97. The lowest BCUT2D eigenvalue weighted by Gasteiger charge is -2.06. The number of aryl methyl sites for hydroxylation is 1. The average molecular weight is 329 g/mol. The van der Waals surface area contributed by atoms with Gasteiger partial charge in [0.2, 0.25) is 0 Å². The van der Waals surface area contributed by atoms with Gasteiger partial charge in [0.15, 0.2) is 11.6 Å². The van der Waals surface area contributed by atoms with Crippen LogP contribution in [0.5, 0.6) is 0 Å². The van der Waals surface area contributed by atoms with E-state index in [1.807, 2.05) is 0 Å². The lowest BCUT2D eigenvalue weighted by molar-refractivity contribution is 0.0942. The first-order valence-corrected chi connectivity index (χ1v) is 6.30. The van der Waals surface area contributed by atoms with E-state index in [2.05, 4.69) is 21.2 Å². The highest BCUT2D eigenvalue weighted by Crippen LogP contribution is 2.14. The molecule has 0 saturated carbocycles. The van der Waals surface area contributed by atoms with Gasteiger partial charge in [-0.25, -0.2) is 8.78 Å². The summed E-state index contributed by atoms with van der Waals surface area (Å²) in [4.78, 5) is 11.9.